The summed E-state index contributed by atoms with van der Waals surface area (Å²) in [6.45, 7) is 6.23. The van der Waals surface area contributed by atoms with Gasteiger partial charge in [-0.05, 0) is 23.8 Å². The fraction of sp³-hybridized carbons (Fsp3) is 0.412. The predicted octanol–water partition coefficient (Wildman–Crippen LogP) is 2.18. The van der Waals surface area contributed by atoms with Crippen molar-refractivity contribution in [3.63, 3.8) is 0 Å². The van der Waals surface area contributed by atoms with Crippen molar-refractivity contribution >= 4 is 5.91 Å². The van der Waals surface area contributed by atoms with Crippen molar-refractivity contribution in [1.29, 1.82) is 0 Å². The molecular weight excluding hydrogens is 294 g/mol. The average Bonchev–Trinajstić information content (AvgIpc) is 3.02. The second-order valence-corrected chi connectivity index (χ2v) is 6.42. The molecule has 0 saturated heterocycles. The van der Waals surface area contributed by atoms with Crippen LogP contribution in [0, 0.1) is 0 Å². The Bertz CT molecular complexity index is 656. The molecule has 6 heteroatoms. The maximum absolute atomic E-state index is 12.1. The van der Waals surface area contributed by atoms with Crippen LogP contribution in [0.15, 0.2) is 30.3 Å². The number of benzene rings is 1. The predicted molar refractivity (Wildman–Crippen MR) is 87.6 cm³/mol. The standard InChI is InChI=1S/C17H23N3O3/c1-17(2,3)15-9-13(19-20-15)16(22)18-10-14(21)11-5-7-12(23-4)8-6-11/h5-9,14,21H,10H2,1-4H3,(H,18,22)(H,19,20). The summed E-state index contributed by atoms with van der Waals surface area (Å²) < 4.78 is 5.07. The lowest BCUT2D eigenvalue weighted by atomic mass is 9.92. The fourth-order valence-electron chi connectivity index (χ4n) is 2.05. The van der Waals surface area contributed by atoms with Crippen molar-refractivity contribution in [1.82, 2.24) is 15.5 Å². The Hall–Kier alpha value is -2.34. The van der Waals surface area contributed by atoms with Crippen molar-refractivity contribution in [2.45, 2.75) is 32.3 Å². The number of nitrogens with zero attached hydrogens (tertiary/aromatic N) is 1. The number of carbonyl (C=O) groups excluding carboxylic acids is 1. The molecule has 1 atom stereocenters. The van der Waals surface area contributed by atoms with Gasteiger partial charge in [-0.2, -0.15) is 5.10 Å². The Morgan fingerprint density at radius 1 is 1.35 bits per heavy atom. The zero-order valence-electron chi connectivity index (χ0n) is 13.9. The summed E-state index contributed by atoms with van der Waals surface area (Å²) in [7, 11) is 1.58. The molecule has 3 N–H and O–H groups in total. The van der Waals surface area contributed by atoms with E-state index < -0.39 is 6.10 Å². The molecule has 0 aliphatic heterocycles. The van der Waals surface area contributed by atoms with E-state index in [-0.39, 0.29) is 17.9 Å². The van der Waals surface area contributed by atoms with Gasteiger partial charge in [0.05, 0.1) is 13.2 Å². The summed E-state index contributed by atoms with van der Waals surface area (Å²) in [5.41, 5.74) is 1.81. The smallest absolute Gasteiger partial charge is 0.271 e. The molecule has 1 aromatic carbocycles. The number of hydrogen-bond donors (Lipinski definition) is 3. The number of rotatable bonds is 5. The first-order valence-electron chi connectivity index (χ1n) is 7.47. The molecule has 2 aromatic rings. The van der Waals surface area contributed by atoms with Crippen molar-refractivity contribution < 1.29 is 14.6 Å². The highest BCUT2D eigenvalue weighted by Crippen LogP contribution is 2.20. The normalized spacial score (nSPS) is 12.7. The first-order chi connectivity index (χ1) is 10.8. The minimum absolute atomic E-state index is 0.103. The number of aromatic nitrogens is 2. The van der Waals surface area contributed by atoms with Crippen LogP contribution in [0.4, 0.5) is 0 Å². The number of methoxy groups -OCH3 is 1. The molecule has 1 aromatic heterocycles. The second kappa shape index (κ2) is 6.83. The van der Waals surface area contributed by atoms with Crippen LogP contribution in [-0.2, 0) is 5.41 Å². The number of ether oxygens (including phenoxy) is 1. The number of carbonyl (C=O) groups is 1. The number of amides is 1. The zero-order valence-corrected chi connectivity index (χ0v) is 13.9. The molecule has 6 nitrogen and oxygen atoms in total. The van der Waals surface area contributed by atoms with E-state index in [4.69, 9.17) is 4.74 Å². The molecule has 1 unspecified atom stereocenters. The van der Waals surface area contributed by atoms with Gasteiger partial charge < -0.3 is 15.2 Å². The van der Waals surface area contributed by atoms with Gasteiger partial charge in [-0.25, -0.2) is 0 Å². The van der Waals surface area contributed by atoms with E-state index in [1.54, 1.807) is 37.4 Å². The van der Waals surface area contributed by atoms with E-state index in [9.17, 15) is 9.90 Å². The lowest BCUT2D eigenvalue weighted by molar-refractivity contribution is 0.0911. The van der Waals surface area contributed by atoms with Gasteiger partial charge in [0, 0.05) is 17.7 Å². The first-order valence-corrected chi connectivity index (χ1v) is 7.47. The van der Waals surface area contributed by atoms with Crippen molar-refractivity contribution in [2.24, 2.45) is 0 Å². The van der Waals surface area contributed by atoms with Crippen LogP contribution in [0.5, 0.6) is 5.75 Å². The number of aliphatic hydroxyl groups is 1. The third kappa shape index (κ3) is 4.32. The number of hydrogen-bond acceptors (Lipinski definition) is 4. The summed E-state index contributed by atoms with van der Waals surface area (Å²) in [6.07, 6.45) is -0.786. The molecule has 23 heavy (non-hydrogen) atoms. The SMILES string of the molecule is COc1ccc(C(O)CNC(=O)c2cc(C(C)(C)C)[nH]n2)cc1. The van der Waals surface area contributed by atoms with Crippen LogP contribution in [0.2, 0.25) is 0 Å². The summed E-state index contributed by atoms with van der Waals surface area (Å²) in [5, 5.41) is 19.7. The molecule has 1 heterocycles. The maximum Gasteiger partial charge on any atom is 0.271 e. The third-order valence-corrected chi connectivity index (χ3v) is 3.58. The lowest BCUT2D eigenvalue weighted by Crippen LogP contribution is -2.28. The molecule has 0 aliphatic carbocycles. The van der Waals surface area contributed by atoms with Gasteiger partial charge in [-0.3, -0.25) is 9.89 Å². The monoisotopic (exact) mass is 317 g/mol. The van der Waals surface area contributed by atoms with Gasteiger partial charge in [-0.15, -0.1) is 0 Å². The molecule has 0 saturated carbocycles. The van der Waals surface area contributed by atoms with Gasteiger partial charge in [0.1, 0.15) is 11.4 Å². The van der Waals surface area contributed by atoms with Crippen molar-refractivity contribution in [3.8, 4) is 5.75 Å². The number of aromatic amines is 1. The van der Waals surface area contributed by atoms with Gasteiger partial charge in [0.15, 0.2) is 0 Å². The van der Waals surface area contributed by atoms with Crippen LogP contribution in [0.25, 0.3) is 0 Å². The summed E-state index contributed by atoms with van der Waals surface area (Å²) in [4.78, 5) is 12.1. The van der Waals surface area contributed by atoms with Crippen LogP contribution in [-0.4, -0.2) is 34.9 Å². The molecule has 1 amide bonds. The molecule has 0 fully saturated rings. The molecule has 0 spiro atoms. The van der Waals surface area contributed by atoms with Crippen LogP contribution in [0.1, 0.15) is 48.6 Å². The fourth-order valence-corrected chi connectivity index (χ4v) is 2.05. The average molecular weight is 317 g/mol. The van der Waals surface area contributed by atoms with Crippen LogP contribution >= 0.6 is 0 Å². The Morgan fingerprint density at radius 3 is 2.52 bits per heavy atom. The minimum Gasteiger partial charge on any atom is -0.497 e. The molecule has 0 bridgehead atoms. The van der Waals surface area contributed by atoms with Gasteiger partial charge in [0.25, 0.3) is 5.91 Å². The number of H-pyrrole nitrogens is 1. The van der Waals surface area contributed by atoms with Gasteiger partial charge in [0.2, 0.25) is 0 Å². The number of nitrogens with one attached hydrogen (secondary N) is 2. The Labute approximate surface area is 135 Å². The summed E-state index contributed by atoms with van der Waals surface area (Å²) >= 11 is 0. The quantitative estimate of drug-likeness (QED) is 0.789. The topological polar surface area (TPSA) is 87.2 Å². The largest absolute Gasteiger partial charge is 0.497 e. The van der Waals surface area contributed by atoms with Crippen LogP contribution in [0.3, 0.4) is 0 Å². The Balaban J connectivity index is 1.94. The van der Waals surface area contributed by atoms with E-state index in [1.165, 1.54) is 0 Å². The molecule has 0 radical (unpaired) electrons. The van der Waals surface area contributed by atoms with E-state index >= 15 is 0 Å². The molecule has 0 aliphatic rings. The third-order valence-electron chi connectivity index (χ3n) is 3.58. The highest BCUT2D eigenvalue weighted by Gasteiger charge is 2.19. The van der Waals surface area contributed by atoms with Crippen LogP contribution < -0.4 is 10.1 Å². The Morgan fingerprint density at radius 2 is 2.00 bits per heavy atom. The maximum atomic E-state index is 12.1. The van der Waals surface area contributed by atoms with Gasteiger partial charge in [-0.1, -0.05) is 32.9 Å². The lowest BCUT2D eigenvalue weighted by Gasteiger charge is -2.14. The molecule has 2 rings (SSSR count). The van der Waals surface area contributed by atoms with E-state index in [0.29, 0.717) is 11.3 Å². The van der Waals surface area contributed by atoms with Gasteiger partial charge >= 0.3 is 0 Å². The highest BCUT2D eigenvalue weighted by atomic mass is 16.5. The summed E-state index contributed by atoms with van der Waals surface area (Å²) in [6, 6.07) is 8.80. The first kappa shape index (κ1) is 17.0. The van der Waals surface area contributed by atoms with Crippen molar-refractivity contribution in [3.05, 3.63) is 47.3 Å². The molecule has 124 valence electrons. The second-order valence-electron chi connectivity index (χ2n) is 6.42. The number of aliphatic hydroxyl groups excluding tert-OH is 1. The minimum atomic E-state index is -0.786. The Kier molecular flexibility index (Phi) is 5.05. The van der Waals surface area contributed by atoms with E-state index in [1.807, 2.05) is 20.8 Å². The van der Waals surface area contributed by atoms with E-state index in [0.717, 1.165) is 11.4 Å². The zero-order chi connectivity index (χ0) is 17.0. The summed E-state index contributed by atoms with van der Waals surface area (Å²) in [5.74, 6) is 0.403. The highest BCUT2D eigenvalue weighted by molar-refractivity contribution is 5.92. The van der Waals surface area contributed by atoms with Crippen molar-refractivity contribution in [2.75, 3.05) is 13.7 Å². The van der Waals surface area contributed by atoms with E-state index in [2.05, 4.69) is 15.5 Å². The molecular formula is C17H23N3O3.